The number of carbonyl (C=O) groups is 2. The van der Waals surface area contributed by atoms with E-state index in [0.29, 0.717) is 13.0 Å². The summed E-state index contributed by atoms with van der Waals surface area (Å²) >= 11 is 0. The molecule has 42 heavy (non-hydrogen) atoms. The summed E-state index contributed by atoms with van der Waals surface area (Å²) in [5, 5.41) is 34.3. The minimum absolute atomic E-state index is 0.0942. The Morgan fingerprint density at radius 1 is 1.31 bits per heavy atom. The number of aliphatic hydroxyl groups is 3. The molecular formula is C32H53NO9. The van der Waals surface area contributed by atoms with E-state index in [4.69, 9.17) is 18.9 Å². The molecule has 4 N–H and O–H groups in total. The predicted octanol–water partition coefficient (Wildman–Crippen LogP) is 3.83. The first kappa shape index (κ1) is 36.0. The van der Waals surface area contributed by atoms with Crippen molar-refractivity contribution in [3.05, 3.63) is 36.0 Å². The quantitative estimate of drug-likeness (QED) is 0.0869. The zero-order valence-corrected chi connectivity index (χ0v) is 26.3. The van der Waals surface area contributed by atoms with E-state index in [1.165, 1.54) is 7.11 Å². The van der Waals surface area contributed by atoms with Crippen molar-refractivity contribution in [3.8, 4) is 0 Å². The van der Waals surface area contributed by atoms with Gasteiger partial charge in [-0.1, -0.05) is 52.0 Å². The van der Waals surface area contributed by atoms with Crippen LogP contribution < -0.4 is 5.32 Å². The fourth-order valence-corrected chi connectivity index (χ4v) is 5.20. The SMILES string of the molecule is CCC(O)C(C)C1OC1CC(C)/C=C/C=C(\C)C1OC(=O)CC(O)CCC(C)(O)C(OC(=O)NCCOC)/C=C\C1C. The number of methoxy groups -OCH3 is 1. The lowest BCUT2D eigenvalue weighted by Crippen LogP contribution is -2.44. The number of ether oxygens (including phenoxy) is 4. The van der Waals surface area contributed by atoms with Gasteiger partial charge in [-0.25, -0.2) is 4.79 Å². The summed E-state index contributed by atoms with van der Waals surface area (Å²) in [4.78, 5) is 25.1. The van der Waals surface area contributed by atoms with Crippen molar-refractivity contribution >= 4 is 12.1 Å². The number of amides is 1. The molecule has 0 radical (unpaired) electrons. The van der Waals surface area contributed by atoms with Gasteiger partial charge in [0.15, 0.2) is 6.10 Å². The Balaban J connectivity index is 2.14. The van der Waals surface area contributed by atoms with E-state index < -0.39 is 36.0 Å². The zero-order chi connectivity index (χ0) is 31.4. The molecule has 0 aromatic rings. The largest absolute Gasteiger partial charge is 0.457 e. The molecule has 0 aliphatic carbocycles. The fourth-order valence-electron chi connectivity index (χ4n) is 5.20. The lowest BCUT2D eigenvalue weighted by Gasteiger charge is -2.32. The predicted molar refractivity (Wildman–Crippen MR) is 160 cm³/mol. The first-order chi connectivity index (χ1) is 19.8. The van der Waals surface area contributed by atoms with E-state index in [2.05, 4.69) is 18.3 Å². The Bertz CT molecular complexity index is 946. The van der Waals surface area contributed by atoms with Gasteiger partial charge in [-0.3, -0.25) is 4.79 Å². The lowest BCUT2D eigenvalue weighted by atomic mass is 9.88. The molecule has 2 heterocycles. The van der Waals surface area contributed by atoms with E-state index in [1.807, 2.05) is 39.8 Å². The first-order valence-electron chi connectivity index (χ1n) is 15.2. The van der Waals surface area contributed by atoms with E-state index in [-0.39, 0.29) is 61.9 Å². The highest BCUT2D eigenvalue weighted by atomic mass is 16.6. The van der Waals surface area contributed by atoms with E-state index >= 15 is 0 Å². The second-order valence-corrected chi connectivity index (χ2v) is 12.1. The zero-order valence-electron chi connectivity index (χ0n) is 26.3. The summed E-state index contributed by atoms with van der Waals surface area (Å²) in [5.41, 5.74) is -0.674. The number of carbonyl (C=O) groups excluding carboxylic acids is 2. The van der Waals surface area contributed by atoms with Crippen LogP contribution in [0.2, 0.25) is 0 Å². The monoisotopic (exact) mass is 595 g/mol. The number of epoxide rings is 1. The van der Waals surface area contributed by atoms with Crippen LogP contribution in [0.5, 0.6) is 0 Å². The van der Waals surface area contributed by atoms with Gasteiger partial charge < -0.3 is 39.6 Å². The molecule has 0 saturated carbocycles. The fraction of sp³-hybridized carbons (Fsp3) is 0.750. The van der Waals surface area contributed by atoms with Crippen molar-refractivity contribution in [1.82, 2.24) is 5.32 Å². The van der Waals surface area contributed by atoms with E-state index in [1.54, 1.807) is 19.1 Å². The van der Waals surface area contributed by atoms with Crippen LogP contribution in [0.25, 0.3) is 0 Å². The summed E-state index contributed by atoms with van der Waals surface area (Å²) in [7, 11) is 1.52. The highest BCUT2D eigenvalue weighted by Gasteiger charge is 2.45. The van der Waals surface area contributed by atoms with Gasteiger partial charge in [0.1, 0.15) is 11.7 Å². The molecule has 10 heteroatoms. The standard InChI is InChI=1S/C32H53NO9/c1-8-25(35)23(5)30-26(40-30)18-20(2)10-9-11-21(3)29-22(4)12-13-27(41-31(37)33-16-17-39-7)32(6,38)15-14-24(34)19-28(36)42-29/h9-13,20,22-27,29-30,34-35,38H,8,14-19H2,1-7H3,(H,33,37)/b10-9+,13-12-,21-11+. The Hall–Kier alpha value is -2.24. The Morgan fingerprint density at radius 3 is 2.69 bits per heavy atom. The van der Waals surface area contributed by atoms with Crippen molar-refractivity contribution in [2.24, 2.45) is 17.8 Å². The van der Waals surface area contributed by atoms with Gasteiger partial charge in [0, 0.05) is 25.5 Å². The van der Waals surface area contributed by atoms with Crippen LogP contribution in [0.15, 0.2) is 36.0 Å². The number of hydrogen-bond acceptors (Lipinski definition) is 9. The summed E-state index contributed by atoms with van der Waals surface area (Å²) in [5.74, 6) is -0.487. The molecular weight excluding hydrogens is 542 g/mol. The first-order valence-corrected chi connectivity index (χ1v) is 15.2. The minimum Gasteiger partial charge on any atom is -0.457 e. The van der Waals surface area contributed by atoms with Crippen LogP contribution in [0.1, 0.15) is 73.6 Å². The minimum atomic E-state index is -1.48. The molecule has 240 valence electrons. The summed E-state index contributed by atoms with van der Waals surface area (Å²) < 4.78 is 22.1. The second-order valence-electron chi connectivity index (χ2n) is 12.1. The van der Waals surface area contributed by atoms with Crippen LogP contribution in [-0.2, 0) is 23.7 Å². The molecule has 1 fully saturated rings. The van der Waals surface area contributed by atoms with Crippen molar-refractivity contribution in [3.63, 3.8) is 0 Å². The number of rotatable bonds is 12. The number of aliphatic hydroxyl groups excluding tert-OH is 2. The molecule has 1 amide bonds. The molecule has 0 bridgehead atoms. The van der Waals surface area contributed by atoms with Crippen molar-refractivity contribution in [2.45, 2.75) is 116 Å². The van der Waals surface area contributed by atoms with Crippen molar-refractivity contribution in [2.75, 3.05) is 20.3 Å². The van der Waals surface area contributed by atoms with E-state index in [0.717, 1.165) is 12.0 Å². The highest BCUT2D eigenvalue weighted by Crippen LogP contribution is 2.36. The maximum absolute atomic E-state index is 12.7. The number of hydrogen-bond donors (Lipinski definition) is 4. The third kappa shape index (κ3) is 11.8. The van der Waals surface area contributed by atoms with E-state index in [9.17, 15) is 24.9 Å². The Morgan fingerprint density at radius 2 is 2.02 bits per heavy atom. The molecule has 2 aliphatic heterocycles. The molecule has 1 saturated heterocycles. The number of cyclic esters (lactones) is 1. The topological polar surface area (TPSA) is 147 Å². The van der Waals surface area contributed by atoms with Gasteiger partial charge in [0.2, 0.25) is 0 Å². The summed E-state index contributed by atoms with van der Waals surface area (Å²) in [6.45, 7) is 12.0. The molecule has 0 aromatic carbocycles. The van der Waals surface area contributed by atoms with Gasteiger partial charge in [-0.15, -0.1) is 0 Å². The maximum Gasteiger partial charge on any atom is 0.407 e. The van der Waals surface area contributed by atoms with Gasteiger partial charge in [0.25, 0.3) is 0 Å². The maximum atomic E-state index is 12.7. The van der Waals surface area contributed by atoms with Gasteiger partial charge in [-0.2, -0.15) is 0 Å². The van der Waals surface area contributed by atoms with Crippen LogP contribution in [-0.4, -0.2) is 89.9 Å². The van der Waals surface area contributed by atoms with Crippen LogP contribution in [0.4, 0.5) is 4.79 Å². The average molecular weight is 596 g/mol. The van der Waals surface area contributed by atoms with Gasteiger partial charge in [0.05, 0.1) is 37.4 Å². The van der Waals surface area contributed by atoms with Gasteiger partial charge in [-0.05, 0) is 57.1 Å². The number of allylic oxidation sites excluding steroid dienone is 3. The number of esters is 1. The Labute approximate surface area is 251 Å². The highest BCUT2D eigenvalue weighted by molar-refractivity contribution is 5.70. The molecule has 2 rings (SSSR count). The second kappa shape index (κ2) is 17.2. The van der Waals surface area contributed by atoms with Crippen LogP contribution in [0, 0.1) is 17.8 Å². The lowest BCUT2D eigenvalue weighted by molar-refractivity contribution is -0.151. The molecule has 10 atom stereocenters. The normalized spacial score (nSPS) is 34.0. The molecule has 10 nitrogen and oxygen atoms in total. The smallest absolute Gasteiger partial charge is 0.407 e. The molecule has 10 unspecified atom stereocenters. The number of alkyl carbamates (subject to hydrolysis) is 1. The van der Waals surface area contributed by atoms with Crippen molar-refractivity contribution in [1.29, 1.82) is 0 Å². The molecule has 0 aromatic heterocycles. The molecule has 0 spiro atoms. The van der Waals surface area contributed by atoms with Crippen LogP contribution >= 0.6 is 0 Å². The third-order valence-electron chi connectivity index (χ3n) is 8.15. The summed E-state index contributed by atoms with van der Waals surface area (Å²) in [6.07, 6.45) is 7.44. The Kier molecular flexibility index (Phi) is 14.7. The molecule has 2 aliphatic rings. The van der Waals surface area contributed by atoms with Crippen molar-refractivity contribution < 1.29 is 43.9 Å². The third-order valence-corrected chi connectivity index (χ3v) is 8.15. The van der Waals surface area contributed by atoms with Crippen LogP contribution in [0.3, 0.4) is 0 Å². The van der Waals surface area contributed by atoms with Gasteiger partial charge >= 0.3 is 12.1 Å². The number of nitrogens with one attached hydrogen (secondary N) is 1. The summed E-state index contributed by atoms with van der Waals surface area (Å²) in [6, 6.07) is 0. The average Bonchev–Trinajstić information content (AvgIpc) is 3.69.